The number of hydrogen-bond donors (Lipinski definition) is 0. The molecule has 24 heavy (non-hydrogen) atoms. The molecule has 4 rings (SSSR count). The molecule has 120 valence electrons. The Labute approximate surface area is 145 Å². The monoisotopic (exact) mass is 336 g/mol. The lowest BCUT2D eigenvalue weighted by atomic mass is 10.1. The number of aliphatic imine (C=N–C) groups is 2. The predicted octanol–water partition coefficient (Wildman–Crippen LogP) is 4.26. The number of benzene rings is 2. The standard InChI is InChI=1S/C19H17ClN4/c1-2-23-13-21-19(20)22-18(23)16-12-24(14-8-4-3-5-9-14)17-11-7-6-10-15(16)17/h3-12H,2,13H2,1H3. The van der Waals surface area contributed by atoms with E-state index < -0.39 is 0 Å². The van der Waals surface area contributed by atoms with Crippen LogP contribution in [0.2, 0.25) is 0 Å². The fourth-order valence-corrected chi connectivity index (χ4v) is 3.18. The molecule has 1 aromatic heterocycles. The summed E-state index contributed by atoms with van der Waals surface area (Å²) in [5, 5.41) is 1.47. The molecule has 3 aromatic rings. The number of nitrogens with zero attached hydrogens (tertiary/aromatic N) is 4. The molecule has 0 saturated heterocycles. The first kappa shape index (κ1) is 15.0. The summed E-state index contributed by atoms with van der Waals surface area (Å²) in [5.74, 6) is 0.878. The molecule has 0 saturated carbocycles. The molecule has 5 heteroatoms. The second kappa shape index (κ2) is 6.13. The second-order valence-corrected chi connectivity index (χ2v) is 5.96. The van der Waals surface area contributed by atoms with Crippen LogP contribution in [0.4, 0.5) is 0 Å². The van der Waals surface area contributed by atoms with Gasteiger partial charge < -0.3 is 9.47 Å². The Hall–Kier alpha value is -2.59. The summed E-state index contributed by atoms with van der Waals surface area (Å²) in [4.78, 5) is 10.9. The van der Waals surface area contributed by atoms with E-state index in [0.29, 0.717) is 12.0 Å². The minimum Gasteiger partial charge on any atom is -0.337 e. The van der Waals surface area contributed by atoms with Gasteiger partial charge in [0.25, 0.3) is 0 Å². The van der Waals surface area contributed by atoms with Crippen LogP contribution >= 0.6 is 11.6 Å². The Kier molecular flexibility index (Phi) is 3.82. The van der Waals surface area contributed by atoms with E-state index in [1.165, 1.54) is 0 Å². The van der Waals surface area contributed by atoms with Crippen LogP contribution in [0.3, 0.4) is 0 Å². The summed E-state index contributed by atoms with van der Waals surface area (Å²) in [6.07, 6.45) is 2.14. The van der Waals surface area contributed by atoms with Gasteiger partial charge in [0.1, 0.15) is 12.5 Å². The highest BCUT2D eigenvalue weighted by Gasteiger charge is 2.21. The maximum Gasteiger partial charge on any atom is 0.221 e. The number of rotatable bonds is 3. The van der Waals surface area contributed by atoms with Crippen molar-refractivity contribution in [3.63, 3.8) is 0 Å². The lowest BCUT2D eigenvalue weighted by Gasteiger charge is -2.25. The SMILES string of the molecule is CCN1CN=C(Cl)N=C1c1cn(-c2ccccc2)c2ccccc12. The molecule has 1 aliphatic rings. The van der Waals surface area contributed by atoms with Crippen LogP contribution < -0.4 is 0 Å². The number of hydrogen-bond acceptors (Lipinski definition) is 3. The number of fused-ring (bicyclic) bond motifs is 1. The van der Waals surface area contributed by atoms with E-state index in [-0.39, 0.29) is 0 Å². The Balaban J connectivity index is 1.96. The highest BCUT2D eigenvalue weighted by atomic mass is 35.5. The second-order valence-electron chi connectivity index (χ2n) is 5.63. The summed E-state index contributed by atoms with van der Waals surface area (Å²) >= 11 is 6.09. The van der Waals surface area contributed by atoms with Gasteiger partial charge in [0.15, 0.2) is 0 Å². The quantitative estimate of drug-likeness (QED) is 0.658. The maximum atomic E-state index is 6.09. The summed E-state index contributed by atoms with van der Waals surface area (Å²) in [5.41, 5.74) is 3.35. The molecule has 2 heterocycles. The van der Waals surface area contributed by atoms with Crippen molar-refractivity contribution in [3.8, 4) is 5.69 Å². The molecule has 4 nitrogen and oxygen atoms in total. The van der Waals surface area contributed by atoms with E-state index in [1.54, 1.807) is 0 Å². The molecular weight excluding hydrogens is 320 g/mol. The minimum atomic E-state index is 0.311. The van der Waals surface area contributed by atoms with E-state index in [9.17, 15) is 0 Å². The van der Waals surface area contributed by atoms with E-state index in [0.717, 1.165) is 34.5 Å². The van der Waals surface area contributed by atoms with Crippen LogP contribution in [0.5, 0.6) is 0 Å². The highest BCUT2D eigenvalue weighted by molar-refractivity contribution is 6.66. The molecule has 0 spiro atoms. The van der Waals surface area contributed by atoms with Crippen molar-refractivity contribution in [3.05, 3.63) is 66.4 Å². The van der Waals surface area contributed by atoms with E-state index in [2.05, 4.69) is 69.0 Å². The van der Waals surface area contributed by atoms with Gasteiger partial charge in [-0.25, -0.2) is 9.98 Å². The molecular formula is C19H17ClN4. The van der Waals surface area contributed by atoms with Crippen LogP contribution in [-0.2, 0) is 0 Å². The zero-order valence-electron chi connectivity index (χ0n) is 13.4. The molecule has 2 aromatic carbocycles. The number of para-hydroxylation sites is 2. The summed E-state index contributed by atoms with van der Waals surface area (Å²) < 4.78 is 2.20. The summed E-state index contributed by atoms with van der Waals surface area (Å²) in [6.45, 7) is 3.47. The van der Waals surface area contributed by atoms with Crippen molar-refractivity contribution in [2.45, 2.75) is 6.92 Å². The first-order chi connectivity index (χ1) is 11.8. The fraction of sp³-hybridized carbons (Fsp3) is 0.158. The van der Waals surface area contributed by atoms with Gasteiger partial charge in [-0.05, 0) is 36.7 Å². The van der Waals surface area contributed by atoms with Crippen molar-refractivity contribution in [2.75, 3.05) is 13.2 Å². The van der Waals surface area contributed by atoms with Crippen LogP contribution in [0.15, 0.2) is 70.8 Å². The summed E-state index contributed by atoms with van der Waals surface area (Å²) in [7, 11) is 0. The summed E-state index contributed by atoms with van der Waals surface area (Å²) in [6, 6.07) is 18.7. The molecule has 0 atom stereocenters. The smallest absolute Gasteiger partial charge is 0.221 e. The largest absolute Gasteiger partial charge is 0.337 e. The number of halogens is 1. The Morgan fingerprint density at radius 1 is 1.04 bits per heavy atom. The number of aromatic nitrogens is 1. The molecule has 0 radical (unpaired) electrons. The average Bonchev–Trinajstić information content (AvgIpc) is 3.02. The van der Waals surface area contributed by atoms with Gasteiger partial charge >= 0.3 is 0 Å². The third-order valence-electron chi connectivity index (χ3n) is 4.24. The molecule has 1 aliphatic heterocycles. The van der Waals surface area contributed by atoms with Crippen LogP contribution in [0, 0.1) is 0 Å². The van der Waals surface area contributed by atoms with Gasteiger partial charge in [0, 0.05) is 29.4 Å². The maximum absolute atomic E-state index is 6.09. The van der Waals surface area contributed by atoms with Gasteiger partial charge in [-0.2, -0.15) is 0 Å². The molecule has 0 fully saturated rings. The molecule has 0 aliphatic carbocycles. The van der Waals surface area contributed by atoms with Crippen molar-refractivity contribution in [1.29, 1.82) is 0 Å². The van der Waals surface area contributed by atoms with E-state index in [1.807, 2.05) is 18.2 Å². The normalized spacial score (nSPS) is 14.7. The zero-order valence-corrected chi connectivity index (χ0v) is 14.1. The lowest BCUT2D eigenvalue weighted by molar-refractivity contribution is 0.452. The van der Waals surface area contributed by atoms with Gasteiger partial charge in [-0.15, -0.1) is 0 Å². The van der Waals surface area contributed by atoms with Gasteiger partial charge in [0.05, 0.1) is 5.52 Å². The van der Waals surface area contributed by atoms with Gasteiger partial charge in [0.2, 0.25) is 5.29 Å². The van der Waals surface area contributed by atoms with Gasteiger partial charge in [-0.1, -0.05) is 36.4 Å². The van der Waals surface area contributed by atoms with E-state index in [4.69, 9.17) is 11.6 Å². The topological polar surface area (TPSA) is 32.9 Å². The van der Waals surface area contributed by atoms with Gasteiger partial charge in [-0.3, -0.25) is 0 Å². The first-order valence-electron chi connectivity index (χ1n) is 7.97. The first-order valence-corrected chi connectivity index (χ1v) is 8.35. The third kappa shape index (κ3) is 2.49. The highest BCUT2D eigenvalue weighted by Crippen LogP contribution is 2.27. The molecule has 0 unspecified atom stereocenters. The fourth-order valence-electron chi connectivity index (χ4n) is 3.04. The minimum absolute atomic E-state index is 0.311. The van der Waals surface area contributed by atoms with Crippen molar-refractivity contribution < 1.29 is 0 Å². The lowest BCUT2D eigenvalue weighted by Crippen LogP contribution is -2.34. The van der Waals surface area contributed by atoms with E-state index >= 15 is 0 Å². The third-order valence-corrected chi connectivity index (χ3v) is 4.44. The Bertz CT molecular complexity index is 940. The Morgan fingerprint density at radius 3 is 2.58 bits per heavy atom. The van der Waals surface area contributed by atoms with Crippen molar-refractivity contribution in [1.82, 2.24) is 9.47 Å². The average molecular weight is 337 g/mol. The molecule has 0 amide bonds. The Morgan fingerprint density at radius 2 is 1.79 bits per heavy atom. The molecule has 0 N–H and O–H groups in total. The number of amidine groups is 2. The molecule has 0 bridgehead atoms. The van der Waals surface area contributed by atoms with Crippen molar-refractivity contribution >= 4 is 33.6 Å². The predicted molar refractivity (Wildman–Crippen MR) is 100 cm³/mol. The van der Waals surface area contributed by atoms with Crippen LogP contribution in [-0.4, -0.2) is 33.8 Å². The zero-order chi connectivity index (χ0) is 16.5. The van der Waals surface area contributed by atoms with Crippen LogP contribution in [0.1, 0.15) is 12.5 Å². The van der Waals surface area contributed by atoms with Crippen LogP contribution in [0.25, 0.3) is 16.6 Å². The van der Waals surface area contributed by atoms with Crippen molar-refractivity contribution in [2.24, 2.45) is 9.98 Å².